The molecule has 0 radical (unpaired) electrons. The average molecular weight is 482 g/mol. The van der Waals surface area contributed by atoms with Crippen LogP contribution >= 0.6 is 0 Å². The number of halogens is 2. The van der Waals surface area contributed by atoms with Gasteiger partial charge in [0.1, 0.15) is 18.2 Å². The lowest BCUT2D eigenvalue weighted by molar-refractivity contribution is 0.0874. The molecule has 0 unspecified atom stereocenters. The SMILES string of the molecule is Cc1noc(OC[C@H]2CN(c3cc(F)c(C4=CCN(Cc5ccccc5)CC4)c(F)c3)C(=O)O2)n1. The Morgan fingerprint density at radius 3 is 2.60 bits per heavy atom. The van der Waals surface area contributed by atoms with Crippen LogP contribution in [0.5, 0.6) is 6.08 Å². The standard InChI is InChI=1S/C25H24F2N4O4/c1-16-28-24(35-29-16)33-15-20-14-31(25(32)34-20)19-11-21(26)23(22(27)12-19)18-7-9-30(10-8-18)13-17-5-3-2-4-6-17/h2-7,11-12,20H,8-10,13-15H2,1H3/t20-/m1/s1. The summed E-state index contributed by atoms with van der Waals surface area (Å²) in [5, 5.41) is 3.61. The lowest BCUT2D eigenvalue weighted by atomic mass is 9.97. The molecule has 1 amide bonds. The Morgan fingerprint density at radius 1 is 1.17 bits per heavy atom. The van der Waals surface area contributed by atoms with E-state index in [0.29, 0.717) is 30.9 Å². The number of cyclic esters (lactones) is 1. The molecule has 1 aromatic heterocycles. The van der Waals surface area contributed by atoms with Crippen LogP contribution < -0.4 is 9.64 Å². The Bertz CT molecular complexity index is 1220. The molecule has 5 rings (SSSR count). The van der Waals surface area contributed by atoms with Gasteiger partial charge in [-0.15, -0.1) is 0 Å². The summed E-state index contributed by atoms with van der Waals surface area (Å²) in [4.78, 5) is 19.6. The number of rotatable bonds is 7. The van der Waals surface area contributed by atoms with Crippen LogP contribution in [0, 0.1) is 18.6 Å². The number of nitrogens with zero attached hydrogens (tertiary/aromatic N) is 4. The first-order chi connectivity index (χ1) is 17.0. The summed E-state index contributed by atoms with van der Waals surface area (Å²) >= 11 is 0. The third-order valence-corrected chi connectivity index (χ3v) is 5.98. The van der Waals surface area contributed by atoms with Gasteiger partial charge in [-0.05, 0) is 36.6 Å². The van der Waals surface area contributed by atoms with Gasteiger partial charge in [0.2, 0.25) is 0 Å². The van der Waals surface area contributed by atoms with Gasteiger partial charge < -0.3 is 9.47 Å². The Balaban J connectivity index is 1.24. The van der Waals surface area contributed by atoms with E-state index in [9.17, 15) is 4.79 Å². The van der Waals surface area contributed by atoms with Crippen LogP contribution in [0.15, 0.2) is 53.1 Å². The lowest BCUT2D eigenvalue weighted by Crippen LogP contribution is -2.28. The highest BCUT2D eigenvalue weighted by molar-refractivity contribution is 5.90. The highest BCUT2D eigenvalue weighted by Gasteiger charge is 2.34. The molecule has 182 valence electrons. The highest BCUT2D eigenvalue weighted by atomic mass is 19.1. The zero-order chi connectivity index (χ0) is 24.4. The Hall–Kier alpha value is -3.79. The van der Waals surface area contributed by atoms with Gasteiger partial charge >= 0.3 is 12.2 Å². The molecule has 0 aliphatic carbocycles. The van der Waals surface area contributed by atoms with E-state index in [1.54, 1.807) is 6.92 Å². The van der Waals surface area contributed by atoms with Crippen LogP contribution in [0.25, 0.3) is 5.57 Å². The minimum Gasteiger partial charge on any atom is -0.445 e. The van der Waals surface area contributed by atoms with E-state index in [-0.39, 0.29) is 30.5 Å². The van der Waals surface area contributed by atoms with Gasteiger partial charge in [0.15, 0.2) is 11.9 Å². The molecule has 0 N–H and O–H groups in total. The van der Waals surface area contributed by atoms with Gasteiger partial charge in [-0.1, -0.05) is 41.6 Å². The second-order valence-electron chi connectivity index (χ2n) is 8.52. The van der Waals surface area contributed by atoms with Gasteiger partial charge in [-0.3, -0.25) is 14.3 Å². The number of ether oxygens (including phenoxy) is 2. The molecule has 2 aliphatic rings. The predicted octanol–water partition coefficient (Wildman–Crippen LogP) is 4.35. The average Bonchev–Trinajstić information content (AvgIpc) is 3.43. The van der Waals surface area contributed by atoms with Crippen LogP contribution in [0.3, 0.4) is 0 Å². The fourth-order valence-corrected chi connectivity index (χ4v) is 4.27. The smallest absolute Gasteiger partial charge is 0.417 e. The molecule has 8 nitrogen and oxygen atoms in total. The van der Waals surface area contributed by atoms with Gasteiger partial charge in [0.05, 0.1) is 12.2 Å². The van der Waals surface area contributed by atoms with Crippen molar-refractivity contribution >= 4 is 17.4 Å². The first-order valence-corrected chi connectivity index (χ1v) is 11.3. The van der Waals surface area contributed by atoms with E-state index < -0.39 is 23.8 Å². The number of amides is 1. The number of carbonyl (C=O) groups excluding carboxylic acids is 1. The molecule has 1 atom stereocenters. The van der Waals surface area contributed by atoms with E-state index >= 15 is 8.78 Å². The Labute approximate surface area is 200 Å². The number of aromatic nitrogens is 2. The maximum absolute atomic E-state index is 15.1. The number of hydrogen-bond donors (Lipinski definition) is 0. The molecule has 0 bridgehead atoms. The van der Waals surface area contributed by atoms with Gasteiger partial charge in [-0.2, -0.15) is 4.98 Å². The van der Waals surface area contributed by atoms with Crippen LogP contribution in [0.2, 0.25) is 0 Å². The summed E-state index contributed by atoms with van der Waals surface area (Å²) in [5.74, 6) is -1.01. The number of benzene rings is 2. The zero-order valence-electron chi connectivity index (χ0n) is 19.1. The molecular formula is C25H24F2N4O4. The van der Waals surface area contributed by atoms with Crippen molar-refractivity contribution in [1.82, 2.24) is 15.0 Å². The molecule has 0 spiro atoms. The van der Waals surface area contributed by atoms with Crippen LogP contribution in [-0.2, 0) is 11.3 Å². The summed E-state index contributed by atoms with van der Waals surface area (Å²) in [6.07, 6.45) is 0.990. The maximum atomic E-state index is 15.1. The van der Waals surface area contributed by atoms with Crippen molar-refractivity contribution in [3.8, 4) is 6.08 Å². The maximum Gasteiger partial charge on any atom is 0.417 e. The van der Waals surface area contributed by atoms with Crippen molar-refractivity contribution in [2.24, 2.45) is 0 Å². The number of carbonyl (C=O) groups is 1. The van der Waals surface area contributed by atoms with Gasteiger partial charge in [-0.25, -0.2) is 13.6 Å². The third-order valence-electron chi connectivity index (χ3n) is 5.98. The molecule has 10 heteroatoms. The molecule has 35 heavy (non-hydrogen) atoms. The minimum atomic E-state index is -0.711. The first kappa shape index (κ1) is 23.0. The topological polar surface area (TPSA) is 80.9 Å². The summed E-state index contributed by atoms with van der Waals surface area (Å²) in [6, 6.07) is 12.4. The summed E-state index contributed by atoms with van der Waals surface area (Å²) in [6.45, 7) is 3.76. The second-order valence-corrected chi connectivity index (χ2v) is 8.52. The van der Waals surface area contributed by atoms with Gasteiger partial charge in [0, 0.05) is 25.2 Å². The molecule has 0 saturated carbocycles. The molecule has 3 aromatic rings. The third kappa shape index (κ3) is 5.17. The quantitative estimate of drug-likeness (QED) is 0.495. The molecule has 2 aliphatic heterocycles. The monoisotopic (exact) mass is 482 g/mol. The fraction of sp³-hybridized carbons (Fsp3) is 0.320. The summed E-state index contributed by atoms with van der Waals surface area (Å²) in [5.41, 5.74) is 1.86. The van der Waals surface area contributed by atoms with Crippen molar-refractivity contribution in [3.63, 3.8) is 0 Å². The van der Waals surface area contributed by atoms with Crippen molar-refractivity contribution in [1.29, 1.82) is 0 Å². The predicted molar refractivity (Wildman–Crippen MR) is 123 cm³/mol. The normalized spacial score (nSPS) is 18.5. The molecule has 3 heterocycles. The Kier molecular flexibility index (Phi) is 6.45. The van der Waals surface area contributed by atoms with Crippen LogP contribution in [0.4, 0.5) is 19.3 Å². The van der Waals surface area contributed by atoms with Crippen molar-refractivity contribution < 1.29 is 27.6 Å². The van der Waals surface area contributed by atoms with Crippen molar-refractivity contribution in [2.75, 3.05) is 31.1 Å². The van der Waals surface area contributed by atoms with E-state index in [1.807, 2.05) is 24.3 Å². The number of hydrogen-bond acceptors (Lipinski definition) is 7. The van der Waals surface area contributed by atoms with Crippen LogP contribution in [0.1, 0.15) is 23.4 Å². The van der Waals surface area contributed by atoms with E-state index in [1.165, 1.54) is 22.6 Å². The minimum absolute atomic E-state index is 0.0285. The molecule has 2 aromatic carbocycles. The van der Waals surface area contributed by atoms with E-state index in [0.717, 1.165) is 6.54 Å². The summed E-state index contributed by atoms with van der Waals surface area (Å²) in [7, 11) is 0. The molecular weight excluding hydrogens is 458 g/mol. The van der Waals surface area contributed by atoms with Gasteiger partial charge in [0.25, 0.3) is 0 Å². The molecule has 1 saturated heterocycles. The van der Waals surface area contributed by atoms with Crippen molar-refractivity contribution in [3.05, 3.63) is 77.1 Å². The second kappa shape index (κ2) is 9.83. The highest BCUT2D eigenvalue weighted by Crippen LogP contribution is 2.32. The lowest BCUT2D eigenvalue weighted by Gasteiger charge is -2.27. The van der Waals surface area contributed by atoms with Crippen LogP contribution in [-0.4, -0.2) is 53.5 Å². The van der Waals surface area contributed by atoms with E-state index in [4.69, 9.17) is 14.0 Å². The number of anilines is 1. The largest absolute Gasteiger partial charge is 0.445 e. The number of aryl methyl sites for hydroxylation is 1. The zero-order valence-corrected chi connectivity index (χ0v) is 19.1. The fourth-order valence-electron chi connectivity index (χ4n) is 4.27. The van der Waals surface area contributed by atoms with E-state index in [2.05, 4.69) is 27.2 Å². The summed E-state index contributed by atoms with van der Waals surface area (Å²) < 4.78 is 45.6. The molecule has 1 fully saturated rings. The van der Waals surface area contributed by atoms with Crippen molar-refractivity contribution in [2.45, 2.75) is 26.0 Å². The first-order valence-electron chi connectivity index (χ1n) is 11.3. The Morgan fingerprint density at radius 2 is 1.94 bits per heavy atom.